The Hall–Kier alpha value is -2.67. The van der Waals surface area contributed by atoms with Crippen LogP contribution in [-0.4, -0.2) is 23.2 Å². The van der Waals surface area contributed by atoms with Crippen molar-refractivity contribution in [2.45, 2.75) is 5.75 Å². The van der Waals surface area contributed by atoms with Crippen molar-refractivity contribution in [1.82, 2.24) is 14.8 Å². The summed E-state index contributed by atoms with van der Waals surface area (Å²) >= 11 is 0. The molecule has 0 spiro atoms. The topological polar surface area (TPSA) is 76.9 Å². The summed E-state index contributed by atoms with van der Waals surface area (Å²) in [6, 6.07) is 14.4. The lowest BCUT2D eigenvalue weighted by atomic mass is 10.2. The maximum Gasteiger partial charge on any atom is 0.237 e. The first-order valence-corrected chi connectivity index (χ1v) is 8.28. The number of aromatic nitrogens is 3. The molecule has 0 bridgehead atoms. The molecule has 0 saturated carbocycles. The van der Waals surface area contributed by atoms with Gasteiger partial charge in [0.05, 0.1) is 23.8 Å². The number of anilines is 1. The largest absolute Gasteiger partial charge is 0.280 e. The van der Waals surface area contributed by atoms with Gasteiger partial charge in [0.15, 0.2) is 5.82 Å². The van der Waals surface area contributed by atoms with Crippen LogP contribution < -0.4 is 4.72 Å². The van der Waals surface area contributed by atoms with Crippen LogP contribution in [0.15, 0.2) is 67.1 Å². The lowest BCUT2D eigenvalue weighted by Gasteiger charge is -2.05. The van der Waals surface area contributed by atoms with E-state index in [4.69, 9.17) is 0 Å². The fourth-order valence-corrected chi connectivity index (χ4v) is 3.17. The van der Waals surface area contributed by atoms with Crippen LogP contribution in [0.1, 0.15) is 5.56 Å². The zero-order chi connectivity index (χ0) is 15.4. The summed E-state index contributed by atoms with van der Waals surface area (Å²) in [6.07, 6.45) is 4.69. The van der Waals surface area contributed by atoms with E-state index in [-0.39, 0.29) is 5.75 Å². The molecule has 0 amide bonds. The van der Waals surface area contributed by atoms with Crippen LogP contribution in [0.3, 0.4) is 0 Å². The highest BCUT2D eigenvalue weighted by Gasteiger charge is 2.13. The van der Waals surface area contributed by atoms with Crippen molar-refractivity contribution in [2.24, 2.45) is 0 Å². The Morgan fingerprint density at radius 1 is 1.05 bits per heavy atom. The molecule has 0 saturated heterocycles. The van der Waals surface area contributed by atoms with Gasteiger partial charge in [-0.3, -0.25) is 4.72 Å². The van der Waals surface area contributed by atoms with Crippen molar-refractivity contribution >= 4 is 15.7 Å². The SMILES string of the molecule is O=S(=O)(Cc1ccccc1)Nc1cnn(-c2ccccn2)c1. The van der Waals surface area contributed by atoms with Gasteiger partial charge in [0, 0.05) is 6.20 Å². The highest BCUT2D eigenvalue weighted by Crippen LogP contribution is 2.13. The molecule has 1 N–H and O–H groups in total. The van der Waals surface area contributed by atoms with Gasteiger partial charge >= 0.3 is 0 Å². The Balaban J connectivity index is 1.75. The fraction of sp³-hybridized carbons (Fsp3) is 0.0667. The Morgan fingerprint density at radius 2 is 1.82 bits per heavy atom. The lowest BCUT2D eigenvalue weighted by Crippen LogP contribution is -2.14. The average molecular weight is 314 g/mol. The minimum Gasteiger partial charge on any atom is -0.280 e. The fourth-order valence-electron chi connectivity index (χ4n) is 2.00. The van der Waals surface area contributed by atoms with Crippen LogP contribution in [0.5, 0.6) is 0 Å². The molecule has 6 nitrogen and oxygen atoms in total. The van der Waals surface area contributed by atoms with Crippen molar-refractivity contribution in [1.29, 1.82) is 0 Å². The minimum absolute atomic E-state index is 0.0807. The predicted molar refractivity (Wildman–Crippen MR) is 84.0 cm³/mol. The number of sulfonamides is 1. The van der Waals surface area contributed by atoms with E-state index in [1.54, 1.807) is 36.7 Å². The predicted octanol–water partition coefficient (Wildman–Crippen LogP) is 2.21. The van der Waals surface area contributed by atoms with E-state index in [1.807, 2.05) is 24.3 Å². The summed E-state index contributed by atoms with van der Waals surface area (Å²) in [5.41, 5.74) is 1.13. The highest BCUT2D eigenvalue weighted by atomic mass is 32.2. The molecule has 7 heteroatoms. The molecule has 1 aromatic carbocycles. The summed E-state index contributed by atoms with van der Waals surface area (Å²) in [4.78, 5) is 4.15. The standard InChI is InChI=1S/C15H14N4O2S/c20-22(21,12-13-6-2-1-3-7-13)18-14-10-17-19(11-14)15-8-4-5-9-16-15/h1-11,18H,12H2. The van der Waals surface area contributed by atoms with Gasteiger partial charge in [0.2, 0.25) is 10.0 Å². The normalized spacial score (nSPS) is 11.3. The first kappa shape index (κ1) is 14.3. The van der Waals surface area contributed by atoms with Crippen LogP contribution in [0.25, 0.3) is 5.82 Å². The zero-order valence-corrected chi connectivity index (χ0v) is 12.4. The van der Waals surface area contributed by atoms with E-state index >= 15 is 0 Å². The maximum atomic E-state index is 12.2. The van der Waals surface area contributed by atoms with Gasteiger partial charge in [-0.25, -0.2) is 18.1 Å². The molecule has 0 unspecified atom stereocenters. The number of hydrogen-bond donors (Lipinski definition) is 1. The lowest BCUT2D eigenvalue weighted by molar-refractivity contribution is 0.600. The van der Waals surface area contributed by atoms with E-state index in [0.29, 0.717) is 11.5 Å². The van der Waals surface area contributed by atoms with Gasteiger partial charge in [0.25, 0.3) is 0 Å². The van der Waals surface area contributed by atoms with Crippen molar-refractivity contribution in [3.63, 3.8) is 0 Å². The molecule has 2 heterocycles. The zero-order valence-electron chi connectivity index (χ0n) is 11.6. The molecule has 0 atom stereocenters. The van der Waals surface area contributed by atoms with Crippen LogP contribution in [0, 0.1) is 0 Å². The second-order valence-corrected chi connectivity index (χ2v) is 6.43. The molecule has 3 rings (SSSR count). The Morgan fingerprint density at radius 3 is 2.55 bits per heavy atom. The summed E-state index contributed by atoms with van der Waals surface area (Å²) in [7, 11) is -3.48. The van der Waals surface area contributed by atoms with E-state index in [9.17, 15) is 8.42 Å². The second kappa shape index (κ2) is 5.98. The molecule has 0 aliphatic rings. The first-order chi connectivity index (χ1) is 10.6. The van der Waals surface area contributed by atoms with E-state index < -0.39 is 10.0 Å². The number of nitrogens with zero attached hydrogens (tertiary/aromatic N) is 3. The minimum atomic E-state index is -3.48. The first-order valence-electron chi connectivity index (χ1n) is 6.63. The summed E-state index contributed by atoms with van der Waals surface area (Å²) in [5.74, 6) is 0.541. The molecule has 2 aromatic heterocycles. The van der Waals surface area contributed by atoms with Gasteiger partial charge in [-0.1, -0.05) is 36.4 Å². The van der Waals surface area contributed by atoms with Gasteiger partial charge in [0.1, 0.15) is 0 Å². The molecule has 22 heavy (non-hydrogen) atoms. The van der Waals surface area contributed by atoms with Crippen LogP contribution in [-0.2, 0) is 15.8 Å². The van der Waals surface area contributed by atoms with Gasteiger partial charge < -0.3 is 0 Å². The third kappa shape index (κ3) is 3.50. The van der Waals surface area contributed by atoms with Crippen molar-refractivity contribution < 1.29 is 8.42 Å². The monoisotopic (exact) mass is 314 g/mol. The molecule has 3 aromatic rings. The molecule has 0 aliphatic carbocycles. The number of rotatable bonds is 5. The van der Waals surface area contributed by atoms with Crippen LogP contribution >= 0.6 is 0 Å². The molecule has 0 radical (unpaired) electrons. The molecule has 0 fully saturated rings. The molecular formula is C15H14N4O2S. The summed E-state index contributed by atoms with van der Waals surface area (Å²) in [5, 5.41) is 4.10. The maximum absolute atomic E-state index is 12.2. The third-order valence-corrected chi connectivity index (χ3v) is 4.20. The van der Waals surface area contributed by atoms with Gasteiger partial charge in [-0.2, -0.15) is 5.10 Å². The quantitative estimate of drug-likeness (QED) is 0.783. The van der Waals surface area contributed by atoms with Crippen molar-refractivity contribution in [2.75, 3.05) is 4.72 Å². The molecule has 0 aliphatic heterocycles. The van der Waals surface area contributed by atoms with E-state index in [0.717, 1.165) is 5.56 Å². The highest BCUT2D eigenvalue weighted by molar-refractivity contribution is 7.91. The summed E-state index contributed by atoms with van der Waals surface area (Å²) < 4.78 is 28.3. The Bertz CT molecular complexity index is 846. The van der Waals surface area contributed by atoms with E-state index in [1.165, 1.54) is 10.9 Å². The Labute approximate surface area is 128 Å². The summed E-state index contributed by atoms with van der Waals surface area (Å²) in [6.45, 7) is 0. The third-order valence-electron chi connectivity index (χ3n) is 2.94. The number of nitrogens with one attached hydrogen (secondary N) is 1. The van der Waals surface area contributed by atoms with Crippen LogP contribution in [0.2, 0.25) is 0 Å². The number of benzene rings is 1. The number of pyridine rings is 1. The smallest absolute Gasteiger partial charge is 0.237 e. The average Bonchev–Trinajstić information content (AvgIpc) is 2.96. The number of hydrogen-bond acceptors (Lipinski definition) is 4. The van der Waals surface area contributed by atoms with E-state index in [2.05, 4.69) is 14.8 Å². The van der Waals surface area contributed by atoms with Crippen molar-refractivity contribution in [3.8, 4) is 5.82 Å². The van der Waals surface area contributed by atoms with Gasteiger partial charge in [-0.05, 0) is 17.7 Å². The van der Waals surface area contributed by atoms with Crippen molar-refractivity contribution in [3.05, 3.63) is 72.7 Å². The van der Waals surface area contributed by atoms with Crippen LogP contribution in [0.4, 0.5) is 5.69 Å². The molecular weight excluding hydrogens is 300 g/mol. The Kier molecular flexibility index (Phi) is 3.88. The molecule has 112 valence electrons. The van der Waals surface area contributed by atoms with Gasteiger partial charge in [-0.15, -0.1) is 0 Å². The second-order valence-electron chi connectivity index (χ2n) is 4.71.